The molecule has 5 nitrogen and oxygen atoms in total. The van der Waals surface area contributed by atoms with Crippen LogP contribution in [0.4, 0.5) is 10.5 Å². The number of carboxylic acid groups (broad SMARTS) is 1. The van der Waals surface area contributed by atoms with Crippen LogP contribution >= 0.6 is 0 Å². The molecular formula is C20H30N2O3. The molecule has 0 radical (unpaired) electrons. The lowest BCUT2D eigenvalue weighted by Crippen LogP contribution is -2.67. The fourth-order valence-corrected chi connectivity index (χ4v) is 3.95. The summed E-state index contributed by atoms with van der Waals surface area (Å²) >= 11 is 0. The number of piperidine rings is 1. The van der Waals surface area contributed by atoms with Gasteiger partial charge in [0.1, 0.15) is 5.54 Å². The summed E-state index contributed by atoms with van der Waals surface area (Å²) in [5, 5.41) is 12.8. The highest BCUT2D eigenvalue weighted by atomic mass is 16.4. The molecule has 1 aliphatic heterocycles. The minimum atomic E-state index is -1.07. The molecule has 0 saturated carbocycles. The predicted octanol–water partition coefficient (Wildman–Crippen LogP) is 4.50. The normalized spacial score (nSPS) is 21.1. The molecule has 1 atom stereocenters. The van der Waals surface area contributed by atoms with E-state index in [9.17, 15) is 14.7 Å². The Morgan fingerprint density at radius 1 is 1.12 bits per heavy atom. The summed E-state index contributed by atoms with van der Waals surface area (Å²) in [7, 11) is 0. The first-order valence-electron chi connectivity index (χ1n) is 8.91. The van der Waals surface area contributed by atoms with Gasteiger partial charge in [-0.05, 0) is 62.1 Å². The van der Waals surface area contributed by atoms with Crippen LogP contribution in [0.1, 0.15) is 56.7 Å². The maximum absolute atomic E-state index is 13.5. The molecule has 0 aromatic heterocycles. The Balaban J connectivity index is 2.51. The first kappa shape index (κ1) is 19.3. The second-order valence-electron chi connectivity index (χ2n) is 8.16. The number of aryl methyl sites for hydroxylation is 2. The molecule has 1 unspecified atom stereocenters. The molecule has 2 amide bonds. The largest absolute Gasteiger partial charge is 0.465 e. The standard InChI is InChI=1S/C20H30N2O3/c1-13-9-10-14(2)16(15(13)3)21-17(23)20(19(4,5)6)11-7-8-12-22(20)18(24)25/h9-10H,7-8,11-12H2,1-6H3,(H,21,23)(H,24,25). The number of nitrogens with one attached hydrogen (secondary N) is 1. The third kappa shape index (κ3) is 3.24. The average Bonchev–Trinajstić information content (AvgIpc) is 2.53. The van der Waals surface area contributed by atoms with Crippen LogP contribution in [0.25, 0.3) is 0 Å². The summed E-state index contributed by atoms with van der Waals surface area (Å²) in [4.78, 5) is 26.7. The Morgan fingerprint density at radius 2 is 1.72 bits per heavy atom. The third-order valence-corrected chi connectivity index (χ3v) is 5.66. The fourth-order valence-electron chi connectivity index (χ4n) is 3.95. The van der Waals surface area contributed by atoms with Crippen molar-refractivity contribution in [3.63, 3.8) is 0 Å². The molecule has 0 bridgehead atoms. The van der Waals surface area contributed by atoms with Gasteiger partial charge in [0.15, 0.2) is 0 Å². The smallest absolute Gasteiger partial charge is 0.408 e. The predicted molar refractivity (Wildman–Crippen MR) is 100 cm³/mol. The number of carbonyl (C=O) groups is 2. The number of hydrogen-bond acceptors (Lipinski definition) is 2. The highest BCUT2D eigenvalue weighted by molar-refractivity contribution is 6.01. The molecule has 0 aliphatic carbocycles. The minimum Gasteiger partial charge on any atom is -0.465 e. The second-order valence-corrected chi connectivity index (χ2v) is 8.16. The lowest BCUT2D eigenvalue weighted by atomic mass is 9.67. The molecule has 2 N–H and O–H groups in total. The fraction of sp³-hybridized carbons (Fsp3) is 0.600. The van der Waals surface area contributed by atoms with E-state index in [1.807, 2.05) is 53.7 Å². The highest BCUT2D eigenvalue weighted by Crippen LogP contribution is 2.44. The number of carbonyl (C=O) groups excluding carboxylic acids is 1. The average molecular weight is 346 g/mol. The first-order chi connectivity index (χ1) is 11.5. The van der Waals surface area contributed by atoms with Crippen LogP contribution in [0.15, 0.2) is 12.1 Å². The van der Waals surface area contributed by atoms with Crippen LogP contribution in [-0.2, 0) is 4.79 Å². The SMILES string of the molecule is Cc1ccc(C)c(NC(=O)C2(C(C)(C)C)CCCCN2C(=O)O)c1C. The van der Waals surface area contributed by atoms with E-state index in [1.54, 1.807) is 0 Å². The van der Waals surface area contributed by atoms with Crippen molar-refractivity contribution in [2.24, 2.45) is 5.41 Å². The van der Waals surface area contributed by atoms with Gasteiger partial charge in [0.2, 0.25) is 0 Å². The zero-order chi connectivity index (χ0) is 19.0. The number of nitrogens with zero attached hydrogens (tertiary/aromatic N) is 1. The van der Waals surface area contributed by atoms with Gasteiger partial charge in [0, 0.05) is 12.2 Å². The number of amides is 2. The summed E-state index contributed by atoms with van der Waals surface area (Å²) in [6, 6.07) is 4.02. The maximum atomic E-state index is 13.5. The van der Waals surface area contributed by atoms with Gasteiger partial charge in [-0.1, -0.05) is 32.9 Å². The Morgan fingerprint density at radius 3 is 2.28 bits per heavy atom. The summed E-state index contributed by atoms with van der Waals surface area (Å²) in [6.07, 6.45) is 1.15. The molecule has 1 heterocycles. The molecule has 5 heteroatoms. The number of likely N-dealkylation sites (tertiary alicyclic amines) is 1. The van der Waals surface area contributed by atoms with Gasteiger partial charge in [0.25, 0.3) is 5.91 Å². The van der Waals surface area contributed by atoms with Crippen molar-refractivity contribution in [3.05, 3.63) is 28.8 Å². The quantitative estimate of drug-likeness (QED) is 0.828. The topological polar surface area (TPSA) is 69.6 Å². The van der Waals surface area contributed by atoms with Gasteiger partial charge in [-0.15, -0.1) is 0 Å². The van der Waals surface area contributed by atoms with E-state index in [1.165, 1.54) is 4.90 Å². The monoisotopic (exact) mass is 346 g/mol. The molecule has 25 heavy (non-hydrogen) atoms. The molecule has 1 aliphatic rings. The molecule has 0 spiro atoms. The summed E-state index contributed by atoms with van der Waals surface area (Å²) in [6.45, 7) is 12.2. The Hall–Kier alpha value is -2.04. The van der Waals surface area contributed by atoms with Crippen molar-refractivity contribution < 1.29 is 14.7 Å². The second kappa shape index (κ2) is 6.70. The number of anilines is 1. The van der Waals surface area contributed by atoms with Gasteiger partial charge in [0.05, 0.1) is 0 Å². The Bertz CT molecular complexity index is 691. The molecule has 2 rings (SSSR count). The molecule has 1 fully saturated rings. The number of hydrogen-bond donors (Lipinski definition) is 2. The van der Waals surface area contributed by atoms with E-state index in [0.29, 0.717) is 13.0 Å². The zero-order valence-corrected chi connectivity index (χ0v) is 16.2. The lowest BCUT2D eigenvalue weighted by Gasteiger charge is -2.52. The van der Waals surface area contributed by atoms with E-state index >= 15 is 0 Å². The summed E-state index contributed by atoms with van der Waals surface area (Å²) in [5.41, 5.74) is 2.32. The molecule has 1 aromatic rings. The van der Waals surface area contributed by atoms with Crippen LogP contribution < -0.4 is 5.32 Å². The van der Waals surface area contributed by atoms with Gasteiger partial charge in [-0.3, -0.25) is 9.69 Å². The van der Waals surface area contributed by atoms with Crippen molar-refractivity contribution in [3.8, 4) is 0 Å². The van der Waals surface area contributed by atoms with Crippen molar-refractivity contribution in [1.82, 2.24) is 4.90 Å². The van der Waals surface area contributed by atoms with Crippen molar-refractivity contribution >= 4 is 17.7 Å². The van der Waals surface area contributed by atoms with Crippen LogP contribution in [0.2, 0.25) is 0 Å². The van der Waals surface area contributed by atoms with Crippen LogP contribution in [-0.4, -0.2) is 34.1 Å². The van der Waals surface area contributed by atoms with Gasteiger partial charge < -0.3 is 10.4 Å². The van der Waals surface area contributed by atoms with Gasteiger partial charge >= 0.3 is 6.09 Å². The molecule has 1 aromatic carbocycles. The van der Waals surface area contributed by atoms with Crippen molar-refractivity contribution in [2.75, 3.05) is 11.9 Å². The lowest BCUT2D eigenvalue weighted by molar-refractivity contribution is -0.137. The van der Waals surface area contributed by atoms with Gasteiger partial charge in [-0.2, -0.15) is 0 Å². The van der Waals surface area contributed by atoms with E-state index in [-0.39, 0.29) is 5.91 Å². The Kier molecular flexibility index (Phi) is 5.17. The van der Waals surface area contributed by atoms with E-state index in [0.717, 1.165) is 35.2 Å². The molecular weight excluding hydrogens is 316 g/mol. The molecule has 1 saturated heterocycles. The van der Waals surface area contributed by atoms with Crippen LogP contribution in [0, 0.1) is 26.2 Å². The number of rotatable bonds is 2. The van der Waals surface area contributed by atoms with Crippen LogP contribution in [0.3, 0.4) is 0 Å². The summed E-state index contributed by atoms with van der Waals surface area (Å²) < 4.78 is 0. The highest BCUT2D eigenvalue weighted by Gasteiger charge is 2.55. The van der Waals surface area contributed by atoms with Crippen molar-refractivity contribution in [1.29, 1.82) is 0 Å². The first-order valence-corrected chi connectivity index (χ1v) is 8.91. The van der Waals surface area contributed by atoms with E-state index in [4.69, 9.17) is 0 Å². The molecule has 138 valence electrons. The van der Waals surface area contributed by atoms with Crippen LogP contribution in [0.5, 0.6) is 0 Å². The van der Waals surface area contributed by atoms with E-state index in [2.05, 4.69) is 5.32 Å². The van der Waals surface area contributed by atoms with Crippen molar-refractivity contribution in [2.45, 2.75) is 66.3 Å². The number of benzene rings is 1. The summed E-state index contributed by atoms with van der Waals surface area (Å²) in [5.74, 6) is -0.223. The zero-order valence-electron chi connectivity index (χ0n) is 16.2. The van der Waals surface area contributed by atoms with E-state index < -0.39 is 17.0 Å². The minimum absolute atomic E-state index is 0.223. The third-order valence-electron chi connectivity index (χ3n) is 5.66. The maximum Gasteiger partial charge on any atom is 0.408 e. The van der Waals surface area contributed by atoms with Gasteiger partial charge in [-0.25, -0.2) is 4.79 Å². The Labute approximate surface area is 150 Å².